The Bertz CT molecular complexity index is 703. The molecular formula is C15H19N3O3. The van der Waals surface area contributed by atoms with E-state index in [0.29, 0.717) is 18.8 Å². The van der Waals surface area contributed by atoms with E-state index in [1.165, 1.54) is 0 Å². The van der Waals surface area contributed by atoms with E-state index < -0.39 is 0 Å². The van der Waals surface area contributed by atoms with E-state index in [4.69, 9.17) is 15.2 Å². The van der Waals surface area contributed by atoms with Crippen LogP contribution in [0, 0.1) is 0 Å². The van der Waals surface area contributed by atoms with Crippen LogP contribution >= 0.6 is 0 Å². The molecule has 2 heterocycles. The second-order valence-corrected chi connectivity index (χ2v) is 5.18. The second-order valence-electron chi connectivity index (χ2n) is 5.18. The van der Waals surface area contributed by atoms with Crippen LogP contribution in [-0.4, -0.2) is 15.9 Å². The van der Waals surface area contributed by atoms with Crippen LogP contribution in [-0.2, 0) is 24.4 Å². The van der Waals surface area contributed by atoms with E-state index >= 15 is 0 Å². The lowest BCUT2D eigenvalue weighted by Crippen LogP contribution is -2.25. The first-order chi connectivity index (χ1) is 10.2. The van der Waals surface area contributed by atoms with E-state index in [2.05, 4.69) is 0 Å². The Morgan fingerprint density at radius 1 is 1.29 bits per heavy atom. The van der Waals surface area contributed by atoms with Crippen molar-refractivity contribution in [2.75, 3.05) is 12.5 Å². The van der Waals surface area contributed by atoms with E-state index in [0.717, 1.165) is 29.8 Å². The number of fused-ring (bicyclic) bond motifs is 1. The Kier molecular flexibility index (Phi) is 3.70. The van der Waals surface area contributed by atoms with Crippen LogP contribution in [0.3, 0.4) is 0 Å². The smallest absolute Gasteiger partial charge is 0.328 e. The number of aryl methyl sites for hydroxylation is 1. The van der Waals surface area contributed by atoms with Crippen LogP contribution < -0.4 is 16.2 Å². The van der Waals surface area contributed by atoms with Gasteiger partial charge in [0.25, 0.3) is 0 Å². The fourth-order valence-corrected chi connectivity index (χ4v) is 2.61. The number of aromatic nitrogens is 2. The molecular weight excluding hydrogens is 270 g/mol. The van der Waals surface area contributed by atoms with Crippen molar-refractivity contribution in [1.82, 2.24) is 9.13 Å². The van der Waals surface area contributed by atoms with Crippen LogP contribution in [0.4, 0.5) is 5.69 Å². The van der Waals surface area contributed by atoms with Crippen molar-refractivity contribution in [1.29, 1.82) is 0 Å². The molecule has 1 aromatic carbocycles. The normalized spacial score (nSPS) is 13.8. The van der Waals surface area contributed by atoms with Crippen molar-refractivity contribution in [2.24, 2.45) is 0 Å². The van der Waals surface area contributed by atoms with Gasteiger partial charge in [-0.1, -0.05) is 6.92 Å². The summed E-state index contributed by atoms with van der Waals surface area (Å²) in [7, 11) is 0. The molecule has 6 heteroatoms. The topological polar surface area (TPSA) is 71.4 Å². The Morgan fingerprint density at radius 3 is 2.90 bits per heavy atom. The SMILES string of the molecule is CCCn1ccn(Cc2cc(N)cc3c2OCOC3)c1=O. The van der Waals surface area contributed by atoms with Gasteiger partial charge >= 0.3 is 5.69 Å². The third kappa shape index (κ3) is 2.67. The third-order valence-corrected chi connectivity index (χ3v) is 3.53. The summed E-state index contributed by atoms with van der Waals surface area (Å²) in [6.45, 7) is 3.94. The molecule has 6 nitrogen and oxygen atoms in total. The number of nitrogen functional groups attached to an aromatic ring is 1. The standard InChI is InChI=1S/C15H19N3O3/c1-2-3-17-4-5-18(15(17)19)8-11-6-13(16)7-12-9-20-10-21-14(11)12/h4-7H,2-3,8-10,16H2,1H3. The van der Waals surface area contributed by atoms with Crippen LogP contribution in [0.2, 0.25) is 0 Å². The van der Waals surface area contributed by atoms with Crippen molar-refractivity contribution in [2.45, 2.75) is 33.0 Å². The summed E-state index contributed by atoms with van der Waals surface area (Å²) >= 11 is 0. The molecule has 21 heavy (non-hydrogen) atoms. The van der Waals surface area contributed by atoms with Crippen molar-refractivity contribution in [3.8, 4) is 5.75 Å². The second kappa shape index (κ2) is 5.65. The highest BCUT2D eigenvalue weighted by atomic mass is 16.7. The molecule has 0 saturated carbocycles. The first-order valence-corrected chi connectivity index (χ1v) is 7.06. The van der Waals surface area contributed by atoms with Crippen LogP contribution in [0.25, 0.3) is 0 Å². The van der Waals surface area contributed by atoms with E-state index in [9.17, 15) is 4.79 Å². The molecule has 0 unspecified atom stereocenters. The predicted octanol–water partition coefficient (Wildman–Crippen LogP) is 1.56. The lowest BCUT2D eigenvalue weighted by atomic mass is 10.1. The molecule has 1 aliphatic rings. The molecule has 0 radical (unpaired) electrons. The average molecular weight is 289 g/mol. The Morgan fingerprint density at radius 2 is 2.10 bits per heavy atom. The molecule has 3 rings (SSSR count). The molecule has 0 saturated heterocycles. The van der Waals surface area contributed by atoms with E-state index in [1.54, 1.807) is 15.3 Å². The lowest BCUT2D eigenvalue weighted by molar-refractivity contribution is -0.0170. The van der Waals surface area contributed by atoms with Crippen LogP contribution in [0.5, 0.6) is 5.75 Å². The molecule has 112 valence electrons. The molecule has 0 aliphatic carbocycles. The van der Waals surface area contributed by atoms with Crippen molar-refractivity contribution >= 4 is 5.69 Å². The number of ether oxygens (including phenoxy) is 2. The maximum absolute atomic E-state index is 12.2. The van der Waals surface area contributed by atoms with Crippen LogP contribution in [0.15, 0.2) is 29.3 Å². The number of hydrogen-bond acceptors (Lipinski definition) is 4. The molecule has 2 aromatic rings. The van der Waals surface area contributed by atoms with Crippen molar-refractivity contribution < 1.29 is 9.47 Å². The number of hydrogen-bond donors (Lipinski definition) is 1. The number of benzene rings is 1. The zero-order chi connectivity index (χ0) is 14.8. The molecule has 0 amide bonds. The Balaban J connectivity index is 1.95. The number of anilines is 1. The highest BCUT2D eigenvalue weighted by molar-refractivity contribution is 5.53. The van der Waals surface area contributed by atoms with Gasteiger partial charge in [0.15, 0.2) is 6.79 Å². The summed E-state index contributed by atoms with van der Waals surface area (Å²) in [4.78, 5) is 12.2. The van der Waals surface area contributed by atoms with Gasteiger partial charge in [-0.05, 0) is 18.6 Å². The van der Waals surface area contributed by atoms with Gasteiger partial charge in [0.1, 0.15) is 5.75 Å². The van der Waals surface area contributed by atoms with E-state index in [1.807, 2.05) is 25.3 Å². The minimum absolute atomic E-state index is 0.0138. The highest BCUT2D eigenvalue weighted by Gasteiger charge is 2.17. The minimum Gasteiger partial charge on any atom is -0.467 e. The lowest BCUT2D eigenvalue weighted by Gasteiger charge is -2.21. The molecule has 0 spiro atoms. The van der Waals surface area contributed by atoms with Gasteiger partial charge in [0.2, 0.25) is 0 Å². The summed E-state index contributed by atoms with van der Waals surface area (Å²) in [6.07, 6.45) is 4.54. The largest absolute Gasteiger partial charge is 0.467 e. The number of rotatable bonds is 4. The monoisotopic (exact) mass is 289 g/mol. The van der Waals surface area contributed by atoms with Gasteiger partial charge in [-0.2, -0.15) is 0 Å². The predicted molar refractivity (Wildman–Crippen MR) is 79.2 cm³/mol. The molecule has 1 aliphatic heterocycles. The molecule has 0 atom stereocenters. The zero-order valence-electron chi connectivity index (χ0n) is 12.0. The van der Waals surface area contributed by atoms with Gasteiger partial charge < -0.3 is 15.2 Å². The summed E-state index contributed by atoms with van der Waals surface area (Å²) in [6, 6.07) is 3.71. The van der Waals surface area contributed by atoms with Gasteiger partial charge in [-0.15, -0.1) is 0 Å². The van der Waals surface area contributed by atoms with E-state index in [-0.39, 0.29) is 12.5 Å². The first-order valence-electron chi connectivity index (χ1n) is 7.06. The third-order valence-electron chi connectivity index (χ3n) is 3.53. The van der Waals surface area contributed by atoms with Crippen molar-refractivity contribution in [3.05, 3.63) is 46.1 Å². The van der Waals surface area contributed by atoms with Crippen molar-refractivity contribution in [3.63, 3.8) is 0 Å². The van der Waals surface area contributed by atoms with Crippen LogP contribution in [0.1, 0.15) is 24.5 Å². The summed E-state index contributed by atoms with van der Waals surface area (Å²) in [5.74, 6) is 0.783. The maximum Gasteiger partial charge on any atom is 0.328 e. The zero-order valence-corrected chi connectivity index (χ0v) is 12.0. The van der Waals surface area contributed by atoms with Gasteiger partial charge in [0.05, 0.1) is 13.2 Å². The number of imidazole rings is 1. The Labute approximate surface area is 122 Å². The Hall–Kier alpha value is -2.21. The summed E-state index contributed by atoms with van der Waals surface area (Å²) in [5.41, 5.74) is 8.40. The highest BCUT2D eigenvalue weighted by Crippen LogP contribution is 2.31. The quantitative estimate of drug-likeness (QED) is 0.867. The average Bonchev–Trinajstić information content (AvgIpc) is 2.81. The minimum atomic E-state index is -0.0138. The fraction of sp³-hybridized carbons (Fsp3) is 0.400. The fourth-order valence-electron chi connectivity index (χ4n) is 2.61. The van der Waals surface area contributed by atoms with Gasteiger partial charge in [-0.3, -0.25) is 9.13 Å². The summed E-state index contributed by atoms with van der Waals surface area (Å²) < 4.78 is 14.2. The molecule has 2 N–H and O–H groups in total. The number of nitrogens with two attached hydrogens (primary N) is 1. The first kappa shape index (κ1) is 13.8. The molecule has 0 fully saturated rings. The molecule has 0 bridgehead atoms. The molecule has 1 aromatic heterocycles. The maximum atomic E-state index is 12.2. The van der Waals surface area contributed by atoms with Gasteiger partial charge in [0, 0.05) is 35.8 Å². The number of nitrogens with zero attached hydrogens (tertiary/aromatic N) is 2. The van der Waals surface area contributed by atoms with Gasteiger partial charge in [-0.25, -0.2) is 4.79 Å². The summed E-state index contributed by atoms with van der Waals surface area (Å²) in [5, 5.41) is 0.